The van der Waals surface area contributed by atoms with Crippen LogP contribution in [0.4, 0.5) is 0 Å². The van der Waals surface area contributed by atoms with Crippen LogP contribution in [0.2, 0.25) is 0 Å². The summed E-state index contributed by atoms with van der Waals surface area (Å²) in [6.07, 6.45) is 5.83. The molecule has 0 spiro atoms. The minimum atomic E-state index is -4.45. The molecule has 3 aromatic heterocycles. The number of carbonyl (C=O) groups excluding carboxylic acids is 4. The monoisotopic (exact) mass is 2130 g/mol. The Labute approximate surface area is 802 Å². The lowest BCUT2D eigenvalue weighted by atomic mass is 10.1. The third-order valence-electron chi connectivity index (χ3n) is 18.5. The van der Waals surface area contributed by atoms with Gasteiger partial charge >= 0.3 is 0 Å². The molecular weight excluding hydrogens is 2020 g/mol. The van der Waals surface area contributed by atoms with Crippen molar-refractivity contribution >= 4 is 105 Å². The Balaban J connectivity index is 1.12. The van der Waals surface area contributed by atoms with Crippen molar-refractivity contribution < 1.29 is 180 Å². The summed E-state index contributed by atoms with van der Waals surface area (Å²) in [4.78, 5) is 55.7. The van der Waals surface area contributed by atoms with Gasteiger partial charge in [0.2, 0.25) is 23.0 Å². The fraction of sp³-hybridized carbons (Fsp3) is 0.564. The number of hydrogen-bond acceptors (Lipinski definition) is 38. The third-order valence-corrected chi connectivity index (χ3v) is 25.0. The molecular formula is C78H113N13O40S8. The van der Waals surface area contributed by atoms with Gasteiger partial charge in [0.25, 0.3) is 105 Å². The predicted octanol–water partition coefficient (Wildman–Crippen LogP) is 3.62. The Morgan fingerprint density at radius 1 is 0.259 bits per heavy atom. The van der Waals surface area contributed by atoms with Crippen LogP contribution in [-0.2, 0) is 120 Å². The Bertz CT molecular complexity index is 5810. The average Bonchev–Trinajstić information content (AvgIpc) is 1.78. The molecule has 139 heavy (non-hydrogen) atoms. The molecule has 0 aliphatic rings. The van der Waals surface area contributed by atoms with Gasteiger partial charge in [0, 0.05) is 68.1 Å². The van der Waals surface area contributed by atoms with Crippen molar-refractivity contribution in [2.45, 2.75) is 150 Å². The summed E-state index contributed by atoms with van der Waals surface area (Å²) in [5.41, 5.74) is 0.440. The predicted molar refractivity (Wildman–Crippen MR) is 490 cm³/mol. The van der Waals surface area contributed by atoms with Gasteiger partial charge in [-0.2, -0.15) is 67.3 Å². The second kappa shape index (κ2) is 55.9. The van der Waals surface area contributed by atoms with E-state index < -0.39 is 151 Å². The van der Waals surface area contributed by atoms with Crippen molar-refractivity contribution in [3.63, 3.8) is 0 Å². The van der Waals surface area contributed by atoms with Gasteiger partial charge in [-0.15, -0.1) is 15.3 Å². The standard InChI is InChI=1S/C78H113N13O40S8/c1-3-5-18-79-75(92)59-48-69(129-53-60-50-89(86-83-60)22-7-19-81-77(94)57-44-65(122-27-11-35-133(99,100)101)72(127-32-16-40-138(114,115)116)66(45-57)123-28-12-36-134(102,103)104)74(131-55-62-52-91(88-85-62)24-9-21-80-76(93)56-42-63(120-25-6-4-2)71(126-31-15-39-137(111,112)113)64(43-56)121-26-10-34-132(96,97)98)70(49-59)130-54-61-51-90(87-84-61)23-8-20-82-78(95)58-46-67(124-29-13-37-135(105,106)107)73(128-33-17-41-139(117,118)119)68(47-58)125-30-14-38-136(108,109)110/h42-52H,3-41,53-55H2,1-2H3,(H,79,92)(H,80,93)(H,81,94)(H,82,95)(H,96,97,98)(H,99,100,101)(H,102,103,104)(H,105,106,107)(H,108,109,110)(H,111,112,113)(H,114,115,116)(H,117,118,119). The highest BCUT2D eigenvalue weighted by molar-refractivity contribution is 7.87. The second-order valence-corrected chi connectivity index (χ2v) is 43.1. The molecule has 0 aliphatic heterocycles. The molecule has 53 nitrogen and oxygen atoms in total. The molecule has 4 amide bonds. The Morgan fingerprint density at radius 3 is 0.662 bits per heavy atom. The van der Waals surface area contributed by atoms with Crippen molar-refractivity contribution in [3.05, 3.63) is 106 Å². The Hall–Kier alpha value is -10.9. The highest BCUT2D eigenvalue weighted by Crippen LogP contribution is 2.44. The van der Waals surface area contributed by atoms with Crippen molar-refractivity contribution in [3.8, 4) is 69.0 Å². The van der Waals surface area contributed by atoms with Crippen LogP contribution in [0.15, 0.2) is 67.1 Å². The molecule has 7 aromatic rings. The van der Waals surface area contributed by atoms with E-state index in [0.29, 0.717) is 25.7 Å². The van der Waals surface area contributed by atoms with Gasteiger partial charge in [-0.1, -0.05) is 42.3 Å². The highest BCUT2D eigenvalue weighted by Gasteiger charge is 2.28. The molecule has 0 fully saturated rings. The number of hydrogen-bond donors (Lipinski definition) is 12. The van der Waals surface area contributed by atoms with E-state index in [2.05, 4.69) is 52.2 Å². The van der Waals surface area contributed by atoms with Gasteiger partial charge in [-0.25, -0.2) is 0 Å². The first-order valence-electron chi connectivity index (χ1n) is 43.1. The topological polar surface area (TPSA) is 754 Å². The minimum Gasteiger partial charge on any atom is -0.490 e. The molecule has 0 bridgehead atoms. The van der Waals surface area contributed by atoms with Crippen molar-refractivity contribution in [1.29, 1.82) is 0 Å². The molecule has 0 saturated heterocycles. The molecule has 778 valence electrons. The molecule has 61 heteroatoms. The number of nitrogens with zero attached hydrogens (tertiary/aromatic N) is 9. The highest BCUT2D eigenvalue weighted by atomic mass is 32.2. The maximum Gasteiger partial charge on any atom is 0.264 e. The number of nitrogens with one attached hydrogen (secondary N) is 4. The number of rotatable bonds is 72. The van der Waals surface area contributed by atoms with Gasteiger partial charge in [0.05, 0.1) is 124 Å². The number of amides is 4. The maximum atomic E-state index is 14.1. The summed E-state index contributed by atoms with van der Waals surface area (Å²) in [5, 5.41) is 36.6. The van der Waals surface area contributed by atoms with Crippen molar-refractivity contribution in [2.24, 2.45) is 0 Å². The van der Waals surface area contributed by atoms with E-state index in [4.69, 9.17) is 56.8 Å². The first kappa shape index (κ1) is 115. The van der Waals surface area contributed by atoms with E-state index in [0.717, 1.165) is 0 Å². The van der Waals surface area contributed by atoms with Crippen LogP contribution < -0.4 is 78.1 Å². The van der Waals surface area contributed by atoms with E-state index >= 15 is 0 Å². The number of aromatic nitrogens is 9. The fourth-order valence-electron chi connectivity index (χ4n) is 12.1. The van der Waals surface area contributed by atoms with E-state index in [-0.39, 0.29) is 304 Å². The van der Waals surface area contributed by atoms with Gasteiger partial charge in [0.1, 0.15) is 36.9 Å². The van der Waals surface area contributed by atoms with E-state index in [1.165, 1.54) is 75.0 Å². The van der Waals surface area contributed by atoms with E-state index in [1.54, 1.807) is 6.20 Å². The normalized spacial score (nSPS) is 12.2. The molecule has 12 N–H and O–H groups in total. The lowest BCUT2D eigenvalue weighted by molar-refractivity contribution is 0.0943. The van der Waals surface area contributed by atoms with Gasteiger partial charge in [-0.3, -0.25) is 69.6 Å². The minimum absolute atomic E-state index is 0.0143. The molecule has 0 saturated carbocycles. The molecule has 7 rings (SSSR count). The van der Waals surface area contributed by atoms with Crippen LogP contribution in [0.1, 0.15) is 169 Å². The number of benzene rings is 4. The van der Waals surface area contributed by atoms with Crippen molar-refractivity contribution in [2.75, 3.05) is 132 Å². The van der Waals surface area contributed by atoms with Crippen molar-refractivity contribution in [1.82, 2.24) is 66.2 Å². The zero-order valence-corrected chi connectivity index (χ0v) is 82.0. The van der Waals surface area contributed by atoms with E-state index in [1.807, 2.05) is 13.8 Å². The molecule has 0 aliphatic carbocycles. The fourth-order valence-corrected chi connectivity index (χ4v) is 15.9. The first-order valence-corrected chi connectivity index (χ1v) is 56.0. The third kappa shape index (κ3) is 46.8. The Kier molecular flexibility index (Phi) is 46.3. The lowest BCUT2D eigenvalue weighted by Crippen LogP contribution is -2.25. The maximum absolute atomic E-state index is 14.1. The summed E-state index contributed by atoms with van der Waals surface area (Å²) in [7, 11) is -35.4. The number of ether oxygens (including phenoxy) is 12. The van der Waals surface area contributed by atoms with Crippen LogP contribution in [0.5, 0.6) is 69.0 Å². The molecule has 0 unspecified atom stereocenters. The number of unbranched alkanes of at least 4 members (excludes halogenated alkanes) is 2. The quantitative estimate of drug-likeness (QED) is 0.0191. The van der Waals surface area contributed by atoms with Crippen LogP contribution in [0.3, 0.4) is 0 Å². The Morgan fingerprint density at radius 2 is 0.446 bits per heavy atom. The summed E-state index contributed by atoms with van der Waals surface area (Å²) < 4.78 is 335. The van der Waals surface area contributed by atoms with Gasteiger partial charge in [0.15, 0.2) is 46.0 Å². The van der Waals surface area contributed by atoms with Crippen LogP contribution in [0, 0.1) is 0 Å². The molecule has 0 atom stereocenters. The summed E-state index contributed by atoms with van der Waals surface area (Å²) >= 11 is 0. The smallest absolute Gasteiger partial charge is 0.264 e. The number of aryl methyl sites for hydroxylation is 3. The van der Waals surface area contributed by atoms with Crippen LogP contribution >= 0.6 is 0 Å². The summed E-state index contributed by atoms with van der Waals surface area (Å²) in [6.45, 7) is 0.675. The molecule has 0 radical (unpaired) electrons. The summed E-state index contributed by atoms with van der Waals surface area (Å²) in [5.74, 6) is -10.1. The zero-order chi connectivity index (χ0) is 102. The van der Waals surface area contributed by atoms with Crippen LogP contribution in [0.25, 0.3) is 0 Å². The lowest BCUT2D eigenvalue weighted by Gasteiger charge is -2.19. The van der Waals surface area contributed by atoms with E-state index in [9.17, 15) is 123 Å². The van der Waals surface area contributed by atoms with Crippen LogP contribution in [-0.4, -0.2) is 304 Å². The largest absolute Gasteiger partial charge is 0.490 e. The zero-order valence-electron chi connectivity index (χ0n) is 75.5. The first-order chi connectivity index (χ1) is 65.5. The average molecular weight is 2130 g/mol. The van der Waals surface area contributed by atoms with Gasteiger partial charge < -0.3 is 78.1 Å². The molecule has 4 aromatic carbocycles. The summed E-state index contributed by atoms with van der Waals surface area (Å²) in [6, 6.07) is 10.2. The SMILES string of the molecule is CCCCNC(=O)c1cc(OCc2cn(CCCNC(=O)c3cc(OCCCS(=O)(=O)O)c(OCCCS(=O)(=O)O)c(OCCCS(=O)(=O)O)c3)nn2)c(OCc2cn(CCCNC(=O)c3cc(OCCCC)c(OCCCS(=O)(=O)O)c(OCCCS(=O)(=O)O)c3)nn2)c(OCc2cn(CCCNC(=O)c3cc(OCCCS(=O)(=O)O)c(OCCCS(=O)(=O)O)c(OCCCS(=O)(=O)O)c3)nn2)c1. The van der Waals surface area contributed by atoms with Gasteiger partial charge in [-0.05, 0) is 132 Å². The number of carbonyl (C=O) groups is 4. The molecule has 3 heterocycles. The second-order valence-electron chi connectivity index (χ2n) is 30.5.